The molecule has 65 valence electrons. The third-order valence-electron chi connectivity index (χ3n) is 1.67. The Hall–Kier alpha value is -0.860. The summed E-state index contributed by atoms with van der Waals surface area (Å²) in [5.41, 5.74) is 1.10. The van der Waals surface area contributed by atoms with Crippen LogP contribution in [0.5, 0.6) is 0 Å². The van der Waals surface area contributed by atoms with E-state index in [4.69, 9.17) is 10.2 Å². The molecule has 0 amide bonds. The second-order valence-electron chi connectivity index (χ2n) is 3.13. The monoisotopic (exact) mass is 165 g/mol. The van der Waals surface area contributed by atoms with Crippen molar-refractivity contribution in [3.05, 3.63) is 35.9 Å². The van der Waals surface area contributed by atoms with Crippen molar-refractivity contribution < 1.29 is 10.2 Å². The first kappa shape index (κ1) is 9.23. The van der Waals surface area contributed by atoms with Crippen LogP contribution >= 0.6 is 0 Å². The maximum absolute atomic E-state index is 9.03. The van der Waals surface area contributed by atoms with Crippen LogP contribution in [-0.4, -0.2) is 16.0 Å². The van der Waals surface area contributed by atoms with E-state index in [-0.39, 0.29) is 0 Å². The van der Waals surface area contributed by atoms with Gasteiger partial charge in [0, 0.05) is 6.42 Å². The lowest BCUT2D eigenvalue weighted by Gasteiger charge is -2.14. The molecule has 0 aliphatic heterocycles. The minimum atomic E-state index is -1.56. The van der Waals surface area contributed by atoms with Crippen molar-refractivity contribution >= 4 is 0 Å². The summed E-state index contributed by atoms with van der Waals surface area (Å²) in [5.74, 6) is -1.56. The van der Waals surface area contributed by atoms with E-state index in [1.54, 1.807) is 0 Å². The van der Waals surface area contributed by atoms with E-state index in [2.05, 4.69) is 6.07 Å². The van der Waals surface area contributed by atoms with Crippen molar-refractivity contribution in [2.24, 2.45) is 0 Å². The maximum atomic E-state index is 9.03. The van der Waals surface area contributed by atoms with Crippen LogP contribution in [0.4, 0.5) is 0 Å². The van der Waals surface area contributed by atoms with Gasteiger partial charge in [0.1, 0.15) is 0 Å². The average Bonchev–Trinajstić information content (AvgIpc) is 2.02. The summed E-state index contributed by atoms with van der Waals surface area (Å²) in [7, 11) is 0. The summed E-state index contributed by atoms with van der Waals surface area (Å²) in [6.45, 7) is 1.39. The number of rotatable bonds is 3. The van der Waals surface area contributed by atoms with Gasteiger partial charge >= 0.3 is 0 Å². The molecule has 0 atom stereocenters. The van der Waals surface area contributed by atoms with Crippen LogP contribution < -0.4 is 0 Å². The molecule has 1 aromatic rings. The third kappa shape index (κ3) is 3.51. The number of benzene rings is 1. The summed E-state index contributed by atoms with van der Waals surface area (Å²) in [6, 6.07) is 10.4. The van der Waals surface area contributed by atoms with Gasteiger partial charge in [-0.3, -0.25) is 0 Å². The molecule has 2 nitrogen and oxygen atoms in total. The highest BCUT2D eigenvalue weighted by Crippen LogP contribution is 2.09. The number of hydrogen-bond acceptors (Lipinski definition) is 2. The van der Waals surface area contributed by atoms with Crippen LogP contribution in [0, 0.1) is 6.07 Å². The van der Waals surface area contributed by atoms with Gasteiger partial charge in [-0.25, -0.2) is 0 Å². The van der Waals surface area contributed by atoms with E-state index in [0.29, 0.717) is 12.8 Å². The Kier molecular flexibility index (Phi) is 2.84. The number of aliphatic hydroxyl groups is 2. The molecule has 0 aliphatic rings. The van der Waals surface area contributed by atoms with Crippen molar-refractivity contribution in [3.8, 4) is 0 Å². The highest BCUT2D eigenvalue weighted by Gasteiger charge is 2.13. The van der Waals surface area contributed by atoms with Gasteiger partial charge in [-0.15, -0.1) is 0 Å². The van der Waals surface area contributed by atoms with Crippen LogP contribution in [0.25, 0.3) is 0 Å². The molecule has 0 heterocycles. The first-order chi connectivity index (χ1) is 5.58. The van der Waals surface area contributed by atoms with E-state index < -0.39 is 5.79 Å². The molecule has 0 fully saturated rings. The fourth-order valence-corrected chi connectivity index (χ4v) is 0.969. The predicted octanol–water partition coefficient (Wildman–Crippen LogP) is 1.12. The quantitative estimate of drug-likeness (QED) is 0.659. The fourth-order valence-electron chi connectivity index (χ4n) is 0.969. The van der Waals surface area contributed by atoms with Crippen LogP contribution in [0.2, 0.25) is 0 Å². The van der Waals surface area contributed by atoms with Crippen molar-refractivity contribution in [2.45, 2.75) is 25.6 Å². The maximum Gasteiger partial charge on any atom is 0.159 e. The molecule has 1 radical (unpaired) electrons. The number of aryl methyl sites for hydroxylation is 1. The van der Waals surface area contributed by atoms with Crippen LogP contribution in [0.1, 0.15) is 18.9 Å². The van der Waals surface area contributed by atoms with Gasteiger partial charge < -0.3 is 10.2 Å². The van der Waals surface area contributed by atoms with Gasteiger partial charge in [0.25, 0.3) is 0 Å². The molecule has 0 spiro atoms. The molecule has 2 heteroatoms. The Morgan fingerprint density at radius 1 is 1.33 bits per heavy atom. The highest BCUT2D eigenvalue weighted by atomic mass is 16.5. The zero-order chi connectivity index (χ0) is 9.03. The standard InChI is InChI=1S/C10H13O2/c1-10(11,12)8-7-9-5-3-2-4-6-9/h3-6,11-12H,7-8H2,1H3. The second kappa shape index (κ2) is 3.70. The Morgan fingerprint density at radius 2 is 1.92 bits per heavy atom. The normalized spacial score (nSPS) is 11.6. The van der Waals surface area contributed by atoms with E-state index >= 15 is 0 Å². The van der Waals surface area contributed by atoms with E-state index in [9.17, 15) is 0 Å². The van der Waals surface area contributed by atoms with E-state index in [1.165, 1.54) is 6.92 Å². The molecule has 0 saturated carbocycles. The largest absolute Gasteiger partial charge is 0.366 e. The second-order valence-corrected chi connectivity index (χ2v) is 3.13. The minimum Gasteiger partial charge on any atom is -0.366 e. The molecular formula is C10H13O2. The first-order valence-electron chi connectivity index (χ1n) is 3.98. The molecule has 12 heavy (non-hydrogen) atoms. The van der Waals surface area contributed by atoms with Crippen molar-refractivity contribution in [1.82, 2.24) is 0 Å². The molecule has 0 saturated heterocycles. The minimum absolute atomic E-state index is 0.358. The highest BCUT2D eigenvalue weighted by molar-refractivity contribution is 5.13. The van der Waals surface area contributed by atoms with E-state index in [1.807, 2.05) is 24.3 Å². The lowest BCUT2D eigenvalue weighted by molar-refractivity contribution is -0.148. The molecule has 0 aliphatic carbocycles. The SMILES string of the molecule is CC(O)(O)CCc1cc[c]cc1. The van der Waals surface area contributed by atoms with Crippen molar-refractivity contribution in [1.29, 1.82) is 0 Å². The molecular weight excluding hydrogens is 152 g/mol. The average molecular weight is 165 g/mol. The molecule has 1 rings (SSSR count). The van der Waals surface area contributed by atoms with Gasteiger partial charge in [-0.05, 0) is 25.0 Å². The van der Waals surface area contributed by atoms with Crippen LogP contribution in [0.15, 0.2) is 24.3 Å². The van der Waals surface area contributed by atoms with Gasteiger partial charge in [0.05, 0.1) is 0 Å². The molecule has 0 aromatic heterocycles. The lowest BCUT2D eigenvalue weighted by Crippen LogP contribution is -2.23. The number of hydrogen-bond donors (Lipinski definition) is 2. The Bertz CT molecular complexity index is 223. The Labute approximate surface area is 72.5 Å². The zero-order valence-corrected chi connectivity index (χ0v) is 7.12. The molecule has 2 N–H and O–H groups in total. The van der Waals surface area contributed by atoms with Gasteiger partial charge in [0.2, 0.25) is 0 Å². The van der Waals surface area contributed by atoms with Crippen LogP contribution in [0.3, 0.4) is 0 Å². The predicted molar refractivity (Wildman–Crippen MR) is 46.4 cm³/mol. The molecule has 0 unspecified atom stereocenters. The van der Waals surface area contributed by atoms with Crippen LogP contribution in [-0.2, 0) is 6.42 Å². The summed E-state index contributed by atoms with van der Waals surface area (Å²) >= 11 is 0. The summed E-state index contributed by atoms with van der Waals surface area (Å²) in [5, 5.41) is 18.1. The van der Waals surface area contributed by atoms with Gasteiger partial charge in [0.15, 0.2) is 5.79 Å². The topological polar surface area (TPSA) is 40.5 Å². The lowest BCUT2D eigenvalue weighted by atomic mass is 10.1. The Balaban J connectivity index is 2.44. The van der Waals surface area contributed by atoms with Crippen molar-refractivity contribution in [3.63, 3.8) is 0 Å². The van der Waals surface area contributed by atoms with Crippen molar-refractivity contribution in [2.75, 3.05) is 0 Å². The summed E-state index contributed by atoms with van der Waals surface area (Å²) in [6.07, 6.45) is 1.04. The molecule has 1 aromatic carbocycles. The summed E-state index contributed by atoms with van der Waals surface area (Å²) < 4.78 is 0. The smallest absolute Gasteiger partial charge is 0.159 e. The summed E-state index contributed by atoms with van der Waals surface area (Å²) in [4.78, 5) is 0. The zero-order valence-electron chi connectivity index (χ0n) is 7.12. The molecule has 0 bridgehead atoms. The first-order valence-corrected chi connectivity index (χ1v) is 3.98. The van der Waals surface area contributed by atoms with Gasteiger partial charge in [-0.1, -0.05) is 24.3 Å². The Morgan fingerprint density at radius 3 is 2.42 bits per heavy atom. The van der Waals surface area contributed by atoms with E-state index in [0.717, 1.165) is 5.56 Å². The third-order valence-corrected chi connectivity index (χ3v) is 1.67. The fraction of sp³-hybridized carbons (Fsp3) is 0.400. The van der Waals surface area contributed by atoms with Gasteiger partial charge in [-0.2, -0.15) is 0 Å².